The number of aliphatic imine (C=N–C) groups is 1. The van der Waals surface area contributed by atoms with Crippen LogP contribution in [0.25, 0.3) is 0 Å². The standard InChI is InChI=1S/C10H14N2O4/c1-4-6(7(13)14)5(2)12-8(11)10(4,3)9(15)16/h4H,1-3H3,(H2,11,12)(H,13,14)(H,15,16). The fraction of sp³-hybridized carbons (Fsp3) is 0.500. The van der Waals surface area contributed by atoms with Crippen molar-refractivity contribution >= 4 is 17.8 Å². The first-order chi connectivity index (χ1) is 7.22. The number of aliphatic carboxylic acids is 2. The number of hydrogen-bond acceptors (Lipinski definition) is 4. The summed E-state index contributed by atoms with van der Waals surface area (Å²) in [7, 11) is 0. The molecule has 0 aromatic carbocycles. The topological polar surface area (TPSA) is 113 Å². The largest absolute Gasteiger partial charge is 0.480 e. The summed E-state index contributed by atoms with van der Waals surface area (Å²) >= 11 is 0. The van der Waals surface area contributed by atoms with Gasteiger partial charge in [0.1, 0.15) is 11.3 Å². The van der Waals surface area contributed by atoms with Crippen LogP contribution in [-0.4, -0.2) is 28.0 Å². The van der Waals surface area contributed by atoms with Gasteiger partial charge < -0.3 is 15.9 Å². The summed E-state index contributed by atoms with van der Waals surface area (Å²) in [6.07, 6.45) is 0. The van der Waals surface area contributed by atoms with Crippen LogP contribution in [0.4, 0.5) is 0 Å². The Kier molecular flexibility index (Phi) is 2.77. The second-order valence-corrected chi connectivity index (χ2v) is 4.03. The van der Waals surface area contributed by atoms with E-state index in [0.717, 1.165) is 0 Å². The minimum absolute atomic E-state index is 0.000833. The Morgan fingerprint density at radius 1 is 1.44 bits per heavy atom. The third kappa shape index (κ3) is 1.46. The average molecular weight is 226 g/mol. The van der Waals surface area contributed by atoms with E-state index < -0.39 is 23.3 Å². The van der Waals surface area contributed by atoms with E-state index >= 15 is 0 Å². The summed E-state index contributed by atoms with van der Waals surface area (Å²) in [5.74, 6) is -3.11. The van der Waals surface area contributed by atoms with Gasteiger partial charge in [-0.3, -0.25) is 4.79 Å². The van der Waals surface area contributed by atoms with Crippen LogP contribution in [0.2, 0.25) is 0 Å². The predicted octanol–water partition coefficient (Wildman–Crippen LogP) is 0.443. The lowest BCUT2D eigenvalue weighted by molar-refractivity contribution is -0.146. The highest BCUT2D eigenvalue weighted by Gasteiger charge is 2.48. The summed E-state index contributed by atoms with van der Waals surface area (Å²) in [6, 6.07) is 0. The van der Waals surface area contributed by atoms with Crippen molar-refractivity contribution in [1.29, 1.82) is 0 Å². The highest BCUT2D eigenvalue weighted by atomic mass is 16.4. The molecule has 0 bridgehead atoms. The van der Waals surface area contributed by atoms with Crippen LogP contribution in [0.5, 0.6) is 0 Å². The Labute approximate surface area is 92.5 Å². The molecule has 0 spiro atoms. The number of nitrogens with zero attached hydrogens (tertiary/aromatic N) is 1. The molecule has 0 aromatic heterocycles. The maximum atomic E-state index is 11.2. The van der Waals surface area contributed by atoms with Crippen molar-refractivity contribution in [3.8, 4) is 0 Å². The highest BCUT2D eigenvalue weighted by molar-refractivity contribution is 6.07. The Bertz CT molecular complexity index is 425. The molecule has 1 rings (SSSR count). The molecule has 1 aliphatic heterocycles. The number of allylic oxidation sites excluding steroid dienone is 1. The van der Waals surface area contributed by atoms with Crippen molar-refractivity contribution in [2.75, 3.05) is 0 Å². The van der Waals surface area contributed by atoms with Crippen LogP contribution < -0.4 is 5.73 Å². The van der Waals surface area contributed by atoms with Gasteiger partial charge >= 0.3 is 11.9 Å². The van der Waals surface area contributed by atoms with E-state index in [9.17, 15) is 9.59 Å². The van der Waals surface area contributed by atoms with Crippen LogP contribution in [0.3, 0.4) is 0 Å². The Hall–Kier alpha value is -1.85. The highest BCUT2D eigenvalue weighted by Crippen LogP contribution is 2.38. The summed E-state index contributed by atoms with van der Waals surface area (Å²) in [5, 5.41) is 18.2. The molecule has 1 heterocycles. The molecule has 0 aliphatic carbocycles. The van der Waals surface area contributed by atoms with Gasteiger partial charge in [-0.2, -0.15) is 0 Å². The third-order valence-electron chi connectivity index (χ3n) is 3.18. The van der Waals surface area contributed by atoms with E-state index in [1.54, 1.807) is 0 Å². The zero-order chi connectivity index (χ0) is 12.7. The third-order valence-corrected chi connectivity index (χ3v) is 3.18. The summed E-state index contributed by atoms with van der Waals surface area (Å²) in [4.78, 5) is 26.0. The monoisotopic (exact) mass is 226 g/mol. The zero-order valence-corrected chi connectivity index (χ0v) is 9.31. The van der Waals surface area contributed by atoms with Crippen molar-refractivity contribution in [2.45, 2.75) is 20.8 Å². The van der Waals surface area contributed by atoms with Crippen molar-refractivity contribution in [2.24, 2.45) is 22.1 Å². The van der Waals surface area contributed by atoms with E-state index in [1.807, 2.05) is 0 Å². The number of carboxylic acid groups (broad SMARTS) is 2. The molecular weight excluding hydrogens is 212 g/mol. The maximum Gasteiger partial charge on any atom is 0.333 e. The van der Waals surface area contributed by atoms with Gasteiger partial charge in [0.2, 0.25) is 0 Å². The fourth-order valence-corrected chi connectivity index (χ4v) is 1.82. The van der Waals surface area contributed by atoms with Crippen LogP contribution in [0.1, 0.15) is 20.8 Å². The van der Waals surface area contributed by atoms with Gasteiger partial charge in [0.15, 0.2) is 0 Å². The molecule has 6 heteroatoms. The van der Waals surface area contributed by atoms with Crippen LogP contribution in [0.15, 0.2) is 16.3 Å². The van der Waals surface area contributed by atoms with Gasteiger partial charge in [0, 0.05) is 5.92 Å². The van der Waals surface area contributed by atoms with E-state index in [1.165, 1.54) is 20.8 Å². The minimum Gasteiger partial charge on any atom is -0.480 e. The average Bonchev–Trinajstić information content (AvgIpc) is 2.13. The molecule has 0 fully saturated rings. The number of carboxylic acids is 2. The molecule has 88 valence electrons. The lowest BCUT2D eigenvalue weighted by Gasteiger charge is -2.34. The first-order valence-corrected chi connectivity index (χ1v) is 4.75. The van der Waals surface area contributed by atoms with E-state index in [2.05, 4.69) is 4.99 Å². The number of amidine groups is 1. The van der Waals surface area contributed by atoms with Gasteiger partial charge in [0.05, 0.1) is 11.3 Å². The molecule has 16 heavy (non-hydrogen) atoms. The predicted molar refractivity (Wildman–Crippen MR) is 56.9 cm³/mol. The molecule has 0 radical (unpaired) electrons. The lowest BCUT2D eigenvalue weighted by atomic mass is 9.71. The van der Waals surface area contributed by atoms with Gasteiger partial charge in [0.25, 0.3) is 0 Å². The van der Waals surface area contributed by atoms with Gasteiger partial charge in [-0.1, -0.05) is 6.92 Å². The van der Waals surface area contributed by atoms with Gasteiger partial charge in [-0.05, 0) is 13.8 Å². The number of nitrogens with two attached hydrogens (primary N) is 1. The SMILES string of the molecule is CC1=C(C(=O)O)C(C)C(C)(C(=O)O)C(N)=N1. The zero-order valence-electron chi connectivity index (χ0n) is 9.31. The first kappa shape index (κ1) is 12.2. The number of hydrogen-bond donors (Lipinski definition) is 3. The van der Waals surface area contributed by atoms with E-state index in [0.29, 0.717) is 0 Å². The molecule has 0 saturated heterocycles. The van der Waals surface area contributed by atoms with Crippen molar-refractivity contribution < 1.29 is 19.8 Å². The quantitative estimate of drug-likeness (QED) is 0.632. The second-order valence-electron chi connectivity index (χ2n) is 4.03. The number of rotatable bonds is 2. The molecule has 0 saturated carbocycles. The second kappa shape index (κ2) is 3.62. The number of carbonyl (C=O) groups is 2. The molecule has 2 atom stereocenters. The lowest BCUT2D eigenvalue weighted by Crippen LogP contribution is -2.49. The van der Waals surface area contributed by atoms with E-state index in [-0.39, 0.29) is 17.1 Å². The molecule has 0 aromatic rings. The summed E-state index contributed by atoms with van der Waals surface area (Å²) in [6.45, 7) is 4.42. The summed E-state index contributed by atoms with van der Waals surface area (Å²) < 4.78 is 0. The smallest absolute Gasteiger partial charge is 0.333 e. The molecule has 4 N–H and O–H groups in total. The Morgan fingerprint density at radius 3 is 2.31 bits per heavy atom. The molecule has 6 nitrogen and oxygen atoms in total. The first-order valence-electron chi connectivity index (χ1n) is 4.75. The van der Waals surface area contributed by atoms with Crippen LogP contribution >= 0.6 is 0 Å². The van der Waals surface area contributed by atoms with Crippen molar-refractivity contribution in [3.63, 3.8) is 0 Å². The normalized spacial score (nSPS) is 29.9. The van der Waals surface area contributed by atoms with Crippen LogP contribution in [-0.2, 0) is 9.59 Å². The van der Waals surface area contributed by atoms with Gasteiger partial charge in [-0.15, -0.1) is 0 Å². The molecular formula is C10H14N2O4. The Morgan fingerprint density at radius 2 is 1.94 bits per heavy atom. The molecule has 0 amide bonds. The molecule has 2 unspecified atom stereocenters. The fourth-order valence-electron chi connectivity index (χ4n) is 1.82. The van der Waals surface area contributed by atoms with Crippen molar-refractivity contribution in [3.05, 3.63) is 11.3 Å². The Balaban J connectivity index is 3.42. The maximum absolute atomic E-state index is 11.2. The molecule has 1 aliphatic rings. The summed E-state index contributed by atoms with van der Waals surface area (Å²) in [5.41, 5.74) is 4.39. The van der Waals surface area contributed by atoms with Crippen molar-refractivity contribution in [1.82, 2.24) is 0 Å². The van der Waals surface area contributed by atoms with Gasteiger partial charge in [-0.25, -0.2) is 9.79 Å². The van der Waals surface area contributed by atoms with Crippen LogP contribution in [0, 0.1) is 11.3 Å². The van der Waals surface area contributed by atoms with E-state index in [4.69, 9.17) is 15.9 Å². The minimum atomic E-state index is -1.47.